The number of benzene rings is 2. The number of aromatic hydroxyl groups is 1. The normalized spacial score (nSPS) is 15.1. The van der Waals surface area contributed by atoms with E-state index in [0.29, 0.717) is 33.6 Å². The smallest absolute Gasteiger partial charge is 0.266 e. The van der Waals surface area contributed by atoms with Crippen LogP contribution in [0.4, 0.5) is 5.69 Å². The van der Waals surface area contributed by atoms with Crippen LogP contribution in [-0.4, -0.2) is 39.8 Å². The van der Waals surface area contributed by atoms with E-state index < -0.39 is 0 Å². The fourth-order valence-electron chi connectivity index (χ4n) is 2.78. The first-order valence-electron chi connectivity index (χ1n) is 8.94. The first kappa shape index (κ1) is 20.9. The van der Waals surface area contributed by atoms with Gasteiger partial charge in [-0.25, -0.2) is 0 Å². The summed E-state index contributed by atoms with van der Waals surface area (Å²) in [7, 11) is 1.59. The average molecular weight is 429 g/mol. The van der Waals surface area contributed by atoms with Crippen LogP contribution in [0.3, 0.4) is 0 Å². The highest BCUT2D eigenvalue weighted by Gasteiger charge is 2.31. The number of thioether (sulfide) groups is 1. The number of rotatable bonds is 7. The van der Waals surface area contributed by atoms with Crippen LogP contribution in [0.5, 0.6) is 11.5 Å². The molecule has 2 N–H and O–H groups in total. The molecule has 8 heteroatoms. The fourth-order valence-corrected chi connectivity index (χ4v) is 4.09. The van der Waals surface area contributed by atoms with Gasteiger partial charge >= 0.3 is 0 Å². The molecule has 1 aliphatic heterocycles. The number of nitrogens with zero attached hydrogens (tertiary/aromatic N) is 1. The third-order valence-electron chi connectivity index (χ3n) is 4.18. The summed E-state index contributed by atoms with van der Waals surface area (Å²) in [6.07, 6.45) is 2.50. The van der Waals surface area contributed by atoms with Gasteiger partial charge in [-0.1, -0.05) is 42.2 Å². The van der Waals surface area contributed by atoms with Crippen molar-refractivity contribution in [2.45, 2.75) is 12.8 Å². The number of methoxy groups -OCH3 is 1. The second-order valence-corrected chi connectivity index (χ2v) is 7.99. The van der Waals surface area contributed by atoms with Gasteiger partial charge in [0, 0.05) is 24.7 Å². The van der Waals surface area contributed by atoms with Crippen molar-refractivity contribution < 1.29 is 19.4 Å². The van der Waals surface area contributed by atoms with E-state index in [4.69, 9.17) is 17.0 Å². The molecule has 2 aromatic rings. The lowest BCUT2D eigenvalue weighted by Crippen LogP contribution is -2.29. The number of nitrogens with one attached hydrogen (secondary N) is 1. The number of carbonyl (C=O) groups is 2. The zero-order valence-corrected chi connectivity index (χ0v) is 17.4. The molecule has 29 heavy (non-hydrogen) atoms. The van der Waals surface area contributed by atoms with Crippen molar-refractivity contribution in [1.82, 2.24) is 4.90 Å². The zero-order chi connectivity index (χ0) is 20.8. The van der Waals surface area contributed by atoms with E-state index in [2.05, 4.69) is 5.32 Å². The van der Waals surface area contributed by atoms with E-state index >= 15 is 0 Å². The molecule has 1 heterocycles. The summed E-state index contributed by atoms with van der Waals surface area (Å²) in [5.74, 6) is 0.458. The number of carbonyl (C=O) groups excluding carboxylic acids is 2. The Kier molecular flexibility index (Phi) is 6.90. The molecule has 1 aliphatic rings. The Labute approximate surface area is 178 Å². The zero-order valence-electron chi connectivity index (χ0n) is 15.8. The van der Waals surface area contributed by atoms with Gasteiger partial charge in [-0.15, -0.1) is 0 Å². The predicted molar refractivity (Wildman–Crippen MR) is 119 cm³/mol. The molecular formula is C21H20N2O4S2. The number of anilines is 1. The summed E-state index contributed by atoms with van der Waals surface area (Å²) in [5.41, 5.74) is 1.39. The summed E-state index contributed by atoms with van der Waals surface area (Å²) in [4.78, 5) is 26.8. The topological polar surface area (TPSA) is 78.9 Å². The molecule has 6 nitrogen and oxygen atoms in total. The Morgan fingerprint density at radius 2 is 2.07 bits per heavy atom. The van der Waals surface area contributed by atoms with Crippen molar-refractivity contribution in [2.75, 3.05) is 19.0 Å². The van der Waals surface area contributed by atoms with Gasteiger partial charge in [0.15, 0.2) is 0 Å². The first-order chi connectivity index (χ1) is 14.0. The van der Waals surface area contributed by atoms with Crippen LogP contribution in [0.1, 0.15) is 18.4 Å². The second-order valence-electron chi connectivity index (χ2n) is 6.31. The largest absolute Gasteiger partial charge is 0.508 e. The number of phenolic OH excluding ortho intramolecular Hbond substituents is 1. The van der Waals surface area contributed by atoms with Gasteiger partial charge in [-0.3, -0.25) is 14.5 Å². The number of hydrogen-bond donors (Lipinski definition) is 2. The van der Waals surface area contributed by atoms with E-state index in [1.807, 2.05) is 24.3 Å². The number of hydrogen-bond acceptors (Lipinski definition) is 6. The lowest BCUT2D eigenvalue weighted by Gasteiger charge is -2.14. The minimum atomic E-state index is -0.187. The molecule has 3 rings (SSSR count). The summed E-state index contributed by atoms with van der Waals surface area (Å²) in [6, 6.07) is 13.8. The molecule has 0 bridgehead atoms. The summed E-state index contributed by atoms with van der Waals surface area (Å²) in [6.45, 7) is 0.369. The number of thiocarbonyl (C=S) groups is 1. The molecule has 0 aliphatic carbocycles. The molecule has 1 fully saturated rings. The molecule has 0 atom stereocenters. The van der Waals surface area contributed by atoms with E-state index in [9.17, 15) is 14.7 Å². The maximum absolute atomic E-state index is 12.7. The molecule has 0 unspecified atom stereocenters. The van der Waals surface area contributed by atoms with Crippen molar-refractivity contribution in [3.05, 3.63) is 59.0 Å². The van der Waals surface area contributed by atoms with Gasteiger partial charge in [0.1, 0.15) is 15.8 Å². The summed E-state index contributed by atoms with van der Waals surface area (Å²) >= 11 is 6.58. The van der Waals surface area contributed by atoms with Crippen molar-refractivity contribution in [3.63, 3.8) is 0 Å². The van der Waals surface area contributed by atoms with E-state index in [0.717, 1.165) is 5.56 Å². The monoisotopic (exact) mass is 428 g/mol. The van der Waals surface area contributed by atoms with E-state index in [-0.39, 0.29) is 24.0 Å². The maximum atomic E-state index is 12.7. The Morgan fingerprint density at radius 1 is 1.28 bits per heavy atom. The number of ether oxygens (including phenoxy) is 1. The van der Waals surface area contributed by atoms with Crippen LogP contribution in [-0.2, 0) is 9.59 Å². The number of phenols is 1. The minimum Gasteiger partial charge on any atom is -0.508 e. The molecule has 2 aromatic carbocycles. The molecule has 0 spiro atoms. The van der Waals surface area contributed by atoms with Crippen molar-refractivity contribution in [2.24, 2.45) is 0 Å². The lowest BCUT2D eigenvalue weighted by molar-refractivity contribution is -0.122. The highest BCUT2D eigenvalue weighted by molar-refractivity contribution is 8.26. The van der Waals surface area contributed by atoms with Gasteiger partial charge in [-0.2, -0.15) is 0 Å². The predicted octanol–water partition coefficient (Wildman–Crippen LogP) is 4.02. The molecule has 150 valence electrons. The van der Waals surface area contributed by atoms with Crippen LogP contribution in [0.15, 0.2) is 53.4 Å². The van der Waals surface area contributed by atoms with Gasteiger partial charge in [-0.05, 0) is 42.3 Å². The van der Waals surface area contributed by atoms with Crippen LogP contribution in [0.2, 0.25) is 0 Å². The van der Waals surface area contributed by atoms with Crippen molar-refractivity contribution in [3.8, 4) is 11.5 Å². The van der Waals surface area contributed by atoms with Crippen LogP contribution in [0, 0.1) is 0 Å². The van der Waals surface area contributed by atoms with Gasteiger partial charge in [0.25, 0.3) is 5.91 Å². The molecule has 1 saturated heterocycles. The van der Waals surface area contributed by atoms with Crippen LogP contribution < -0.4 is 10.1 Å². The second kappa shape index (κ2) is 9.58. The first-order valence-corrected chi connectivity index (χ1v) is 10.2. The Balaban J connectivity index is 1.54. The fraction of sp³-hybridized carbons (Fsp3) is 0.190. The van der Waals surface area contributed by atoms with Gasteiger partial charge in [0.2, 0.25) is 5.91 Å². The Bertz CT molecular complexity index is 975. The highest BCUT2D eigenvalue weighted by Crippen LogP contribution is 2.33. The Hall–Kier alpha value is -2.84. The lowest BCUT2D eigenvalue weighted by atomic mass is 10.2. The van der Waals surface area contributed by atoms with E-state index in [1.165, 1.54) is 28.8 Å². The summed E-state index contributed by atoms with van der Waals surface area (Å²) in [5, 5.41) is 12.2. The van der Waals surface area contributed by atoms with Crippen molar-refractivity contribution >= 4 is 51.9 Å². The molecule has 0 aromatic heterocycles. The quantitative estimate of drug-likeness (QED) is 0.512. The molecule has 0 radical (unpaired) electrons. The highest BCUT2D eigenvalue weighted by atomic mass is 32.2. The standard InChI is InChI=1S/C21H20N2O4S2/c1-27-17-8-2-5-14(11-17)12-18-20(26)23(21(28)29-18)10-4-9-19(25)22-15-6-3-7-16(24)13-15/h2-3,5-8,11-13,24H,4,9-10H2,1H3,(H,22,25)/b18-12-. The van der Waals surface area contributed by atoms with Crippen molar-refractivity contribution in [1.29, 1.82) is 0 Å². The molecule has 0 saturated carbocycles. The molecule has 2 amide bonds. The maximum Gasteiger partial charge on any atom is 0.266 e. The minimum absolute atomic E-state index is 0.0863. The molecular weight excluding hydrogens is 408 g/mol. The Morgan fingerprint density at radius 3 is 2.83 bits per heavy atom. The third kappa shape index (κ3) is 5.58. The SMILES string of the molecule is COc1cccc(/C=C2\SC(=S)N(CCCC(=O)Nc3cccc(O)c3)C2=O)c1. The average Bonchev–Trinajstić information content (AvgIpc) is 2.95. The van der Waals surface area contributed by atoms with Crippen LogP contribution >= 0.6 is 24.0 Å². The van der Waals surface area contributed by atoms with Gasteiger partial charge in [0.05, 0.1) is 12.0 Å². The number of amides is 2. The van der Waals surface area contributed by atoms with Crippen LogP contribution in [0.25, 0.3) is 6.08 Å². The third-order valence-corrected chi connectivity index (χ3v) is 5.56. The van der Waals surface area contributed by atoms with Gasteiger partial charge < -0.3 is 15.2 Å². The van der Waals surface area contributed by atoms with E-state index in [1.54, 1.807) is 25.3 Å². The summed E-state index contributed by atoms with van der Waals surface area (Å²) < 4.78 is 5.69.